The average molecular weight is 494 g/mol. The first kappa shape index (κ1) is 26.1. The summed E-state index contributed by atoms with van der Waals surface area (Å²) < 4.78 is 13.6. The zero-order valence-electron chi connectivity index (χ0n) is 17.0. The van der Waals surface area contributed by atoms with E-state index in [-0.39, 0.29) is 42.4 Å². The third-order valence-electron chi connectivity index (χ3n) is 4.41. The molecule has 0 saturated carbocycles. The molecular weight excluding hydrogens is 458 g/mol. The van der Waals surface area contributed by atoms with E-state index in [0.717, 1.165) is 37.3 Å². The van der Waals surface area contributed by atoms with Crippen LogP contribution < -0.4 is 10.6 Å². The number of rotatable bonds is 11. The number of aliphatic imine (C=N–C) groups is 1. The summed E-state index contributed by atoms with van der Waals surface area (Å²) in [5, 5.41) is 15.8. The van der Waals surface area contributed by atoms with E-state index in [2.05, 4.69) is 27.4 Å². The van der Waals surface area contributed by atoms with E-state index in [0.29, 0.717) is 19.0 Å². The van der Waals surface area contributed by atoms with Crippen molar-refractivity contribution in [1.82, 2.24) is 15.5 Å². The van der Waals surface area contributed by atoms with Gasteiger partial charge in [-0.05, 0) is 57.5 Å². The van der Waals surface area contributed by atoms with E-state index in [1.54, 1.807) is 12.1 Å². The van der Waals surface area contributed by atoms with Gasteiger partial charge in [-0.25, -0.2) is 4.39 Å². The highest BCUT2D eigenvalue weighted by atomic mass is 127. The van der Waals surface area contributed by atoms with Crippen LogP contribution in [-0.4, -0.2) is 56.3 Å². The molecule has 0 saturated heterocycles. The lowest BCUT2D eigenvalue weighted by Crippen LogP contribution is -2.42. The van der Waals surface area contributed by atoms with Crippen molar-refractivity contribution in [3.05, 3.63) is 35.6 Å². The SMILES string of the molecule is CCCC(CCO)CN=C(NCC)NCC(c1cccc(F)c1)N(C)C.I. The molecule has 1 rings (SSSR count). The number of hydrogen-bond donors (Lipinski definition) is 3. The first-order valence-electron chi connectivity index (χ1n) is 9.56. The Kier molecular flexibility index (Phi) is 14.5. The van der Waals surface area contributed by atoms with Crippen molar-refractivity contribution < 1.29 is 9.50 Å². The maximum Gasteiger partial charge on any atom is 0.191 e. The largest absolute Gasteiger partial charge is 0.396 e. The fourth-order valence-electron chi connectivity index (χ4n) is 2.99. The number of likely N-dealkylation sites (N-methyl/N-ethyl adjacent to an activating group) is 1. The second-order valence-electron chi connectivity index (χ2n) is 6.80. The van der Waals surface area contributed by atoms with Gasteiger partial charge in [-0.15, -0.1) is 24.0 Å². The lowest BCUT2D eigenvalue weighted by molar-refractivity contribution is 0.253. The van der Waals surface area contributed by atoms with Crippen LogP contribution in [0.3, 0.4) is 0 Å². The number of halogens is 2. The molecule has 1 aromatic rings. The Bertz CT molecular complexity index is 536. The molecule has 3 N–H and O–H groups in total. The van der Waals surface area contributed by atoms with Crippen LogP contribution in [0.25, 0.3) is 0 Å². The number of guanidine groups is 1. The van der Waals surface area contributed by atoms with Crippen molar-refractivity contribution in [1.29, 1.82) is 0 Å². The number of nitrogens with zero attached hydrogens (tertiary/aromatic N) is 2. The van der Waals surface area contributed by atoms with Crippen molar-refractivity contribution in [3.8, 4) is 0 Å². The van der Waals surface area contributed by atoms with Crippen molar-refractivity contribution in [3.63, 3.8) is 0 Å². The summed E-state index contributed by atoms with van der Waals surface area (Å²) in [6.45, 7) is 6.48. The quantitative estimate of drug-likeness (QED) is 0.251. The number of hydrogen-bond acceptors (Lipinski definition) is 3. The van der Waals surface area contributed by atoms with Crippen LogP contribution in [0, 0.1) is 11.7 Å². The van der Waals surface area contributed by atoms with Gasteiger partial charge in [0, 0.05) is 26.2 Å². The fraction of sp³-hybridized carbons (Fsp3) is 0.650. The number of aliphatic hydroxyl groups is 1. The zero-order valence-corrected chi connectivity index (χ0v) is 19.4. The molecule has 5 nitrogen and oxygen atoms in total. The molecule has 0 aliphatic heterocycles. The Balaban J connectivity index is 0.00000676. The van der Waals surface area contributed by atoms with Crippen molar-refractivity contribution in [2.24, 2.45) is 10.9 Å². The summed E-state index contributed by atoms with van der Waals surface area (Å²) in [6, 6.07) is 6.76. The summed E-state index contributed by atoms with van der Waals surface area (Å²) in [4.78, 5) is 6.75. The molecule has 27 heavy (non-hydrogen) atoms. The molecule has 0 heterocycles. The van der Waals surface area contributed by atoms with E-state index in [1.807, 2.05) is 27.1 Å². The zero-order chi connectivity index (χ0) is 19.4. The normalized spacial score (nSPS) is 13.8. The summed E-state index contributed by atoms with van der Waals surface area (Å²) in [7, 11) is 3.97. The standard InChI is InChI=1S/C20H35FN4O.HI/c1-5-8-16(11-12-26)14-23-20(22-6-2)24-15-19(25(3)4)17-9-7-10-18(21)13-17;/h7,9-10,13,16,19,26H,5-6,8,11-12,14-15H2,1-4H3,(H2,22,23,24);1H. The fourth-order valence-corrected chi connectivity index (χ4v) is 2.99. The van der Waals surface area contributed by atoms with Gasteiger partial charge < -0.3 is 20.6 Å². The molecule has 0 spiro atoms. The van der Waals surface area contributed by atoms with Crippen molar-refractivity contribution >= 4 is 29.9 Å². The number of aliphatic hydroxyl groups excluding tert-OH is 1. The minimum absolute atomic E-state index is 0. The third kappa shape index (κ3) is 10.3. The molecule has 0 fully saturated rings. The van der Waals surface area contributed by atoms with Crippen LogP contribution in [-0.2, 0) is 0 Å². The van der Waals surface area contributed by atoms with Crippen LogP contribution in [0.1, 0.15) is 44.7 Å². The van der Waals surface area contributed by atoms with Gasteiger partial charge in [-0.3, -0.25) is 4.99 Å². The lowest BCUT2D eigenvalue weighted by Gasteiger charge is -2.26. The molecule has 0 radical (unpaired) electrons. The van der Waals surface area contributed by atoms with Gasteiger partial charge in [0.25, 0.3) is 0 Å². The van der Waals surface area contributed by atoms with Crippen LogP contribution in [0.5, 0.6) is 0 Å². The van der Waals surface area contributed by atoms with Gasteiger partial charge >= 0.3 is 0 Å². The molecule has 1 aromatic carbocycles. The monoisotopic (exact) mass is 494 g/mol. The molecular formula is C20H36FIN4O. The Hall–Kier alpha value is -0.930. The minimum atomic E-state index is -0.221. The minimum Gasteiger partial charge on any atom is -0.396 e. The molecule has 2 unspecified atom stereocenters. The third-order valence-corrected chi connectivity index (χ3v) is 4.41. The summed E-state index contributed by atoms with van der Waals surface area (Å²) >= 11 is 0. The Morgan fingerprint density at radius 2 is 1.96 bits per heavy atom. The van der Waals surface area contributed by atoms with Gasteiger partial charge in [0.1, 0.15) is 5.82 Å². The van der Waals surface area contributed by atoms with Crippen LogP contribution in [0.2, 0.25) is 0 Å². The van der Waals surface area contributed by atoms with Gasteiger partial charge in [0.15, 0.2) is 5.96 Å². The highest BCUT2D eigenvalue weighted by Crippen LogP contribution is 2.18. The van der Waals surface area contributed by atoms with E-state index in [9.17, 15) is 9.50 Å². The van der Waals surface area contributed by atoms with Crippen molar-refractivity contribution in [2.45, 2.75) is 39.2 Å². The van der Waals surface area contributed by atoms with Crippen LogP contribution in [0.15, 0.2) is 29.3 Å². The topological polar surface area (TPSA) is 59.9 Å². The summed E-state index contributed by atoms with van der Waals surface area (Å²) in [6.07, 6.45) is 2.93. The Labute approximate surface area is 180 Å². The molecule has 0 aliphatic rings. The van der Waals surface area contributed by atoms with Crippen LogP contribution in [0.4, 0.5) is 4.39 Å². The molecule has 156 valence electrons. The van der Waals surface area contributed by atoms with Gasteiger partial charge in [-0.2, -0.15) is 0 Å². The average Bonchev–Trinajstić information content (AvgIpc) is 2.59. The molecule has 0 aliphatic carbocycles. The first-order valence-corrected chi connectivity index (χ1v) is 9.56. The molecule has 0 bridgehead atoms. The second-order valence-corrected chi connectivity index (χ2v) is 6.80. The highest BCUT2D eigenvalue weighted by molar-refractivity contribution is 14.0. The smallest absolute Gasteiger partial charge is 0.191 e. The maximum absolute atomic E-state index is 13.6. The van der Waals surface area contributed by atoms with Gasteiger partial charge in [-0.1, -0.05) is 25.5 Å². The van der Waals surface area contributed by atoms with E-state index < -0.39 is 0 Å². The first-order chi connectivity index (χ1) is 12.5. The molecule has 0 amide bonds. The predicted molar refractivity (Wildman–Crippen MR) is 122 cm³/mol. The maximum atomic E-state index is 13.6. The van der Waals surface area contributed by atoms with Crippen molar-refractivity contribution in [2.75, 3.05) is 40.3 Å². The van der Waals surface area contributed by atoms with Gasteiger partial charge in [0.2, 0.25) is 0 Å². The predicted octanol–water partition coefficient (Wildman–Crippen LogP) is 3.40. The second kappa shape index (κ2) is 15.0. The number of nitrogens with one attached hydrogen (secondary N) is 2. The van der Waals surface area contributed by atoms with Crippen LogP contribution >= 0.6 is 24.0 Å². The Morgan fingerprint density at radius 1 is 1.22 bits per heavy atom. The number of benzene rings is 1. The highest BCUT2D eigenvalue weighted by Gasteiger charge is 2.15. The van der Waals surface area contributed by atoms with E-state index >= 15 is 0 Å². The summed E-state index contributed by atoms with van der Waals surface area (Å²) in [5.74, 6) is 0.935. The Morgan fingerprint density at radius 3 is 2.52 bits per heavy atom. The lowest BCUT2D eigenvalue weighted by atomic mass is 10.0. The molecule has 0 aromatic heterocycles. The van der Waals surface area contributed by atoms with E-state index in [4.69, 9.17) is 0 Å². The molecule has 2 atom stereocenters. The van der Waals surface area contributed by atoms with Gasteiger partial charge in [0.05, 0.1) is 6.04 Å². The molecule has 7 heteroatoms. The van der Waals surface area contributed by atoms with E-state index in [1.165, 1.54) is 6.07 Å². The summed E-state index contributed by atoms with van der Waals surface area (Å²) in [5.41, 5.74) is 0.933.